The van der Waals surface area contributed by atoms with Crippen LogP contribution >= 0.6 is 0 Å². The highest BCUT2D eigenvalue weighted by molar-refractivity contribution is 5.29. The number of hydrogen-bond acceptors (Lipinski definition) is 4. The van der Waals surface area contributed by atoms with E-state index < -0.39 is 11.7 Å². The van der Waals surface area contributed by atoms with Crippen LogP contribution in [0, 0.1) is 0 Å². The van der Waals surface area contributed by atoms with E-state index in [9.17, 15) is 13.2 Å². The van der Waals surface area contributed by atoms with Gasteiger partial charge < -0.3 is 16.8 Å². The number of hydrogen-bond donors (Lipinski definition) is 3. The fourth-order valence-electron chi connectivity index (χ4n) is 2.11. The number of benzene rings is 1. The van der Waals surface area contributed by atoms with Gasteiger partial charge in [0.15, 0.2) is 0 Å². The maximum atomic E-state index is 12.8. The van der Waals surface area contributed by atoms with E-state index in [1.165, 1.54) is 12.1 Å². The first-order valence-electron chi connectivity index (χ1n) is 6.97. The minimum Gasteiger partial charge on any atom is -0.329 e. The van der Waals surface area contributed by atoms with Gasteiger partial charge >= 0.3 is 6.18 Å². The van der Waals surface area contributed by atoms with Crippen molar-refractivity contribution in [3.8, 4) is 0 Å². The third-order valence-electron chi connectivity index (χ3n) is 3.13. The van der Waals surface area contributed by atoms with E-state index in [1.54, 1.807) is 6.07 Å². The Morgan fingerprint density at radius 2 is 1.62 bits per heavy atom. The van der Waals surface area contributed by atoms with E-state index >= 15 is 0 Å². The molecule has 0 radical (unpaired) electrons. The van der Waals surface area contributed by atoms with Crippen LogP contribution in [-0.2, 0) is 12.7 Å². The lowest BCUT2D eigenvalue weighted by Crippen LogP contribution is -2.38. The zero-order valence-electron chi connectivity index (χ0n) is 12.0. The number of alkyl halides is 3. The molecule has 0 aliphatic carbocycles. The van der Waals surface area contributed by atoms with Crippen molar-refractivity contribution in [1.29, 1.82) is 0 Å². The largest absolute Gasteiger partial charge is 0.416 e. The first-order chi connectivity index (χ1) is 9.99. The van der Waals surface area contributed by atoms with E-state index in [0.717, 1.165) is 19.2 Å². The van der Waals surface area contributed by atoms with Crippen LogP contribution in [0.3, 0.4) is 0 Å². The Bertz CT molecular complexity index is 403. The van der Waals surface area contributed by atoms with Crippen LogP contribution < -0.4 is 16.8 Å². The Morgan fingerprint density at radius 3 is 2.19 bits per heavy atom. The molecule has 1 rings (SSSR count). The van der Waals surface area contributed by atoms with Gasteiger partial charge in [-0.05, 0) is 11.6 Å². The molecule has 5 N–H and O–H groups in total. The van der Waals surface area contributed by atoms with Gasteiger partial charge in [0.1, 0.15) is 0 Å². The molecule has 0 amide bonds. The van der Waals surface area contributed by atoms with Crippen LogP contribution in [0.5, 0.6) is 0 Å². The van der Waals surface area contributed by atoms with Crippen molar-refractivity contribution in [1.82, 2.24) is 10.2 Å². The molecule has 0 fully saturated rings. The summed E-state index contributed by atoms with van der Waals surface area (Å²) in [5, 5.41) is 3.04. The fourth-order valence-corrected chi connectivity index (χ4v) is 2.11. The Morgan fingerprint density at radius 1 is 1.00 bits per heavy atom. The quantitative estimate of drug-likeness (QED) is 0.596. The van der Waals surface area contributed by atoms with Gasteiger partial charge in [0, 0.05) is 45.8 Å². The lowest BCUT2D eigenvalue weighted by molar-refractivity contribution is -0.138. The minimum atomic E-state index is -4.32. The molecule has 0 unspecified atom stereocenters. The topological polar surface area (TPSA) is 67.3 Å². The average molecular weight is 304 g/mol. The van der Waals surface area contributed by atoms with E-state index in [2.05, 4.69) is 10.2 Å². The van der Waals surface area contributed by atoms with Gasteiger partial charge in [0.25, 0.3) is 0 Å². The van der Waals surface area contributed by atoms with Crippen LogP contribution in [0.15, 0.2) is 24.3 Å². The van der Waals surface area contributed by atoms with Crippen molar-refractivity contribution < 1.29 is 13.2 Å². The van der Waals surface area contributed by atoms with Crippen molar-refractivity contribution in [2.45, 2.75) is 12.7 Å². The van der Waals surface area contributed by atoms with Gasteiger partial charge in [-0.2, -0.15) is 13.2 Å². The normalized spacial score (nSPS) is 12.1. The lowest BCUT2D eigenvalue weighted by atomic mass is 10.1. The van der Waals surface area contributed by atoms with Crippen molar-refractivity contribution in [2.24, 2.45) is 11.5 Å². The van der Waals surface area contributed by atoms with Crippen LogP contribution in [-0.4, -0.2) is 44.2 Å². The maximum absolute atomic E-state index is 12.8. The van der Waals surface area contributed by atoms with Gasteiger partial charge in [-0.25, -0.2) is 0 Å². The smallest absolute Gasteiger partial charge is 0.329 e. The van der Waals surface area contributed by atoms with Crippen molar-refractivity contribution >= 4 is 0 Å². The number of nitrogens with one attached hydrogen (secondary N) is 1. The molecule has 0 aliphatic rings. The van der Waals surface area contributed by atoms with Gasteiger partial charge in [0.05, 0.1) is 5.56 Å². The zero-order valence-corrected chi connectivity index (χ0v) is 12.0. The molecule has 1 aromatic rings. The van der Waals surface area contributed by atoms with E-state index in [1.807, 2.05) is 0 Å². The van der Waals surface area contributed by atoms with Gasteiger partial charge in [-0.3, -0.25) is 4.90 Å². The number of rotatable bonds is 9. The number of halogens is 3. The van der Waals surface area contributed by atoms with E-state index in [-0.39, 0.29) is 12.1 Å². The molecular weight excluding hydrogens is 281 g/mol. The van der Waals surface area contributed by atoms with Crippen molar-refractivity contribution in [3.05, 3.63) is 35.4 Å². The summed E-state index contributed by atoms with van der Waals surface area (Å²) in [6, 6.07) is 5.61. The standard InChI is InChI=1S/C14H23F3N4/c15-14(16,17)13-4-2-1-3-12(13)11-20-7-10-21(8-5-18)9-6-19/h1-4,20H,5-11,18-19H2. The summed E-state index contributed by atoms with van der Waals surface area (Å²) in [6.07, 6.45) is -4.32. The summed E-state index contributed by atoms with van der Waals surface area (Å²) >= 11 is 0. The predicted octanol–water partition coefficient (Wildman–Crippen LogP) is 1.01. The molecule has 1 aromatic carbocycles. The fraction of sp³-hybridized carbons (Fsp3) is 0.571. The van der Waals surface area contributed by atoms with E-state index in [0.29, 0.717) is 26.2 Å². The molecule has 120 valence electrons. The summed E-state index contributed by atoms with van der Waals surface area (Å²) in [4.78, 5) is 2.09. The van der Waals surface area contributed by atoms with Gasteiger partial charge in [-0.1, -0.05) is 18.2 Å². The molecule has 7 heteroatoms. The summed E-state index contributed by atoms with van der Waals surface area (Å²) in [7, 11) is 0. The maximum Gasteiger partial charge on any atom is 0.416 e. The molecule has 0 atom stereocenters. The number of nitrogens with zero attached hydrogens (tertiary/aromatic N) is 1. The molecule has 0 saturated carbocycles. The Hall–Kier alpha value is -1.15. The molecule has 0 saturated heterocycles. The molecule has 21 heavy (non-hydrogen) atoms. The van der Waals surface area contributed by atoms with Crippen LogP contribution in [0.1, 0.15) is 11.1 Å². The second-order valence-electron chi connectivity index (χ2n) is 4.75. The second kappa shape index (κ2) is 8.99. The van der Waals surface area contributed by atoms with Crippen LogP contribution in [0.25, 0.3) is 0 Å². The molecule has 0 bridgehead atoms. The summed E-state index contributed by atoms with van der Waals surface area (Å²) in [6.45, 7) is 4.04. The average Bonchev–Trinajstić information content (AvgIpc) is 2.43. The van der Waals surface area contributed by atoms with Gasteiger partial charge in [0.2, 0.25) is 0 Å². The highest BCUT2D eigenvalue weighted by atomic mass is 19.4. The molecule has 0 heterocycles. The van der Waals surface area contributed by atoms with E-state index in [4.69, 9.17) is 11.5 Å². The number of nitrogens with two attached hydrogens (primary N) is 2. The molecule has 0 aromatic heterocycles. The first-order valence-corrected chi connectivity index (χ1v) is 6.97. The third-order valence-corrected chi connectivity index (χ3v) is 3.13. The summed E-state index contributed by atoms with van der Waals surface area (Å²) < 4.78 is 38.5. The Kier molecular flexibility index (Phi) is 7.66. The lowest BCUT2D eigenvalue weighted by Gasteiger charge is -2.21. The summed E-state index contributed by atoms with van der Waals surface area (Å²) in [5.41, 5.74) is 10.7. The minimum absolute atomic E-state index is 0.189. The van der Waals surface area contributed by atoms with Crippen LogP contribution in [0.2, 0.25) is 0 Å². The SMILES string of the molecule is NCCN(CCN)CCNCc1ccccc1C(F)(F)F. The highest BCUT2D eigenvalue weighted by Crippen LogP contribution is 2.31. The predicted molar refractivity (Wildman–Crippen MR) is 77.7 cm³/mol. The Balaban J connectivity index is 2.46. The third kappa shape index (κ3) is 6.43. The van der Waals surface area contributed by atoms with Gasteiger partial charge in [-0.15, -0.1) is 0 Å². The molecule has 0 spiro atoms. The Labute approximate surface area is 123 Å². The summed E-state index contributed by atoms with van der Waals surface area (Å²) in [5.74, 6) is 0. The van der Waals surface area contributed by atoms with Crippen molar-refractivity contribution in [3.63, 3.8) is 0 Å². The monoisotopic (exact) mass is 304 g/mol. The molecule has 4 nitrogen and oxygen atoms in total. The first kappa shape index (κ1) is 17.9. The second-order valence-corrected chi connectivity index (χ2v) is 4.75. The molecule has 0 aliphatic heterocycles. The highest BCUT2D eigenvalue weighted by Gasteiger charge is 2.32. The molecular formula is C14H23F3N4. The van der Waals surface area contributed by atoms with Crippen molar-refractivity contribution in [2.75, 3.05) is 39.3 Å². The zero-order chi connectivity index (χ0) is 15.7. The van der Waals surface area contributed by atoms with Crippen LogP contribution in [0.4, 0.5) is 13.2 Å².